The Morgan fingerprint density at radius 2 is 1.48 bits per heavy atom. The summed E-state index contributed by atoms with van der Waals surface area (Å²) in [5, 5.41) is 2.48. The summed E-state index contributed by atoms with van der Waals surface area (Å²) in [6.45, 7) is 2.17. The van der Waals surface area contributed by atoms with E-state index in [9.17, 15) is 0 Å². The van der Waals surface area contributed by atoms with Gasteiger partial charge in [-0.15, -0.1) is 0 Å². The number of hydrogen-bond acceptors (Lipinski definition) is 0. The molecule has 0 aliphatic heterocycles. The van der Waals surface area contributed by atoms with Crippen molar-refractivity contribution in [1.29, 1.82) is 0 Å². The predicted octanol–water partition coefficient (Wildman–Crippen LogP) is 5.20. The maximum absolute atomic E-state index is 8.70. The van der Waals surface area contributed by atoms with Gasteiger partial charge in [0.1, 0.15) is 16.7 Å². The lowest BCUT2D eigenvalue weighted by Crippen LogP contribution is -2.19. The molecule has 0 spiro atoms. The minimum Gasteiger partial charge on any atom is -0.0995 e. The Hall–Kier alpha value is -0.840. The van der Waals surface area contributed by atoms with Gasteiger partial charge in [-0.1, -0.05) is 61.6 Å². The predicted molar refractivity (Wildman–Crippen MR) is 105 cm³/mol. The van der Waals surface area contributed by atoms with Gasteiger partial charge in [-0.05, 0) is 30.7 Å². The van der Waals surface area contributed by atoms with Crippen molar-refractivity contribution in [2.24, 2.45) is 0 Å². The SMILES string of the molecule is [2H]C(C#CCCCC)[P+](I)(c1ccccc1)c1ccccc1. The first-order chi connectivity index (χ1) is 10.7. The zero-order valence-corrected chi connectivity index (χ0v) is 15.3. The van der Waals surface area contributed by atoms with Crippen LogP contribution in [0.15, 0.2) is 60.7 Å². The summed E-state index contributed by atoms with van der Waals surface area (Å²) in [5.74, 6) is 6.43. The molecule has 0 saturated carbocycles. The Bertz CT molecular complexity index is 591. The van der Waals surface area contributed by atoms with E-state index in [0.717, 1.165) is 19.3 Å². The maximum atomic E-state index is 8.70. The van der Waals surface area contributed by atoms with Gasteiger partial charge < -0.3 is 0 Å². The molecule has 0 aliphatic carbocycles. The molecule has 0 radical (unpaired) electrons. The van der Waals surface area contributed by atoms with E-state index in [-0.39, 0.29) is 6.14 Å². The second-order valence-electron chi connectivity index (χ2n) is 4.86. The van der Waals surface area contributed by atoms with E-state index in [1.807, 2.05) is 12.1 Å². The molecule has 0 aliphatic rings. The van der Waals surface area contributed by atoms with Crippen LogP contribution in [-0.4, -0.2) is 6.14 Å². The van der Waals surface area contributed by atoms with Crippen LogP contribution in [0, 0.1) is 11.8 Å². The lowest BCUT2D eigenvalue weighted by molar-refractivity contribution is 0.828. The molecule has 2 heteroatoms. The van der Waals surface area contributed by atoms with Crippen molar-refractivity contribution >= 4 is 37.6 Å². The van der Waals surface area contributed by atoms with Crippen LogP contribution in [0.5, 0.6) is 0 Å². The van der Waals surface area contributed by atoms with Gasteiger partial charge in [-0.3, -0.25) is 0 Å². The van der Waals surface area contributed by atoms with E-state index in [2.05, 4.69) is 89.3 Å². The zero-order valence-electron chi connectivity index (χ0n) is 13.3. The van der Waals surface area contributed by atoms with Crippen molar-refractivity contribution in [3.63, 3.8) is 0 Å². The zero-order chi connectivity index (χ0) is 15.8. The first kappa shape index (κ1) is 15.1. The number of rotatable bonds is 5. The number of halogens is 1. The van der Waals surface area contributed by atoms with E-state index in [1.165, 1.54) is 10.6 Å². The van der Waals surface area contributed by atoms with Gasteiger partial charge in [-0.25, -0.2) is 0 Å². The highest BCUT2D eigenvalue weighted by molar-refractivity contribution is 14.2. The molecular weight excluding hydrogens is 386 g/mol. The van der Waals surface area contributed by atoms with Crippen LogP contribution in [0.4, 0.5) is 0 Å². The van der Waals surface area contributed by atoms with Crippen molar-refractivity contribution in [2.45, 2.75) is 26.2 Å². The molecule has 2 aromatic carbocycles. The van der Waals surface area contributed by atoms with Crippen LogP contribution in [0.3, 0.4) is 0 Å². The summed E-state index contributed by atoms with van der Waals surface area (Å²) in [6.07, 6.45) is 2.78. The second kappa shape index (κ2) is 8.57. The normalized spacial score (nSPS) is 13.0. The van der Waals surface area contributed by atoms with Crippen molar-refractivity contribution in [1.82, 2.24) is 0 Å². The standard InChI is InChI=1S/C19H21IP/c1-2-3-4-5-12-17-21(20,18-13-8-6-9-14-18)19-15-10-7-11-16-19/h6-11,13-16H,2-4,17H2,1H3/q+1/i17D. The number of hydrogen-bond donors (Lipinski definition) is 0. The molecule has 2 aromatic rings. The fourth-order valence-electron chi connectivity index (χ4n) is 2.06. The summed E-state index contributed by atoms with van der Waals surface area (Å²) in [7, 11) is 0. The monoisotopic (exact) mass is 408 g/mol. The summed E-state index contributed by atoms with van der Waals surface area (Å²) >= 11 is 2.51. The second-order valence-corrected chi connectivity index (χ2v) is 12.0. The topological polar surface area (TPSA) is 0 Å². The average molecular weight is 408 g/mol. The Balaban J connectivity index is 2.40. The molecule has 0 N–H and O–H groups in total. The van der Waals surface area contributed by atoms with Crippen LogP contribution in [0.2, 0.25) is 0 Å². The van der Waals surface area contributed by atoms with Gasteiger partial charge in [0.15, 0.2) is 26.9 Å². The molecule has 0 nitrogen and oxygen atoms in total. The highest BCUT2D eigenvalue weighted by Gasteiger charge is 2.39. The molecular formula is C19H21IP+. The first-order valence-corrected chi connectivity index (χ1v) is 11.9. The molecule has 1 unspecified atom stereocenters. The highest BCUT2D eigenvalue weighted by Crippen LogP contribution is 2.64. The van der Waals surface area contributed by atoms with Crippen LogP contribution in [0.25, 0.3) is 0 Å². The number of unbranched alkanes of at least 4 members (excludes halogenated alkanes) is 2. The van der Waals surface area contributed by atoms with Crippen LogP contribution >= 0.6 is 26.9 Å². The molecule has 0 bridgehead atoms. The molecule has 2 rings (SSSR count). The van der Waals surface area contributed by atoms with Crippen molar-refractivity contribution in [3.05, 3.63) is 60.7 Å². The Labute approximate surface area is 143 Å². The molecule has 108 valence electrons. The fourth-order valence-corrected chi connectivity index (χ4v) is 6.48. The van der Waals surface area contributed by atoms with Gasteiger partial charge in [0.2, 0.25) is 0 Å². The third kappa shape index (κ3) is 4.56. The van der Waals surface area contributed by atoms with Crippen LogP contribution < -0.4 is 10.6 Å². The quantitative estimate of drug-likeness (QED) is 0.276. The van der Waals surface area contributed by atoms with E-state index < -0.39 is 4.90 Å². The van der Waals surface area contributed by atoms with Gasteiger partial charge in [0, 0.05) is 6.42 Å². The summed E-state index contributed by atoms with van der Waals surface area (Å²) in [5.41, 5.74) is 0. The van der Waals surface area contributed by atoms with E-state index in [1.54, 1.807) is 0 Å². The van der Waals surface area contributed by atoms with Gasteiger partial charge in [0.05, 0.1) is 1.37 Å². The number of benzene rings is 2. The van der Waals surface area contributed by atoms with E-state index in [0.29, 0.717) is 0 Å². The van der Waals surface area contributed by atoms with Crippen molar-refractivity contribution in [3.8, 4) is 11.8 Å². The van der Waals surface area contributed by atoms with Crippen LogP contribution in [-0.2, 0) is 0 Å². The molecule has 1 atom stereocenters. The third-order valence-corrected chi connectivity index (χ3v) is 10.0. The average Bonchev–Trinajstić information content (AvgIpc) is 2.59. The first-order valence-electron chi connectivity index (χ1n) is 7.87. The van der Waals surface area contributed by atoms with Crippen molar-refractivity contribution in [2.75, 3.05) is 6.14 Å². The smallest absolute Gasteiger partial charge is 0.0995 e. The van der Waals surface area contributed by atoms with E-state index >= 15 is 0 Å². The molecule has 0 heterocycles. The molecule has 0 saturated heterocycles. The molecule has 0 fully saturated rings. The summed E-state index contributed by atoms with van der Waals surface area (Å²) < 4.78 is 8.70. The lowest BCUT2D eigenvalue weighted by atomic mass is 10.3. The Morgan fingerprint density at radius 3 is 1.95 bits per heavy atom. The fraction of sp³-hybridized carbons (Fsp3) is 0.263. The lowest BCUT2D eigenvalue weighted by Gasteiger charge is -2.17. The maximum Gasteiger partial charge on any atom is 0.168 e. The molecule has 21 heavy (non-hydrogen) atoms. The minimum absolute atomic E-state index is 0.380. The minimum atomic E-state index is -1.85. The largest absolute Gasteiger partial charge is 0.168 e. The van der Waals surface area contributed by atoms with E-state index in [4.69, 9.17) is 1.37 Å². The third-order valence-electron chi connectivity index (χ3n) is 3.26. The van der Waals surface area contributed by atoms with Crippen LogP contribution in [0.1, 0.15) is 27.6 Å². The highest BCUT2D eigenvalue weighted by atomic mass is 127. The van der Waals surface area contributed by atoms with Crippen molar-refractivity contribution < 1.29 is 1.37 Å². The molecule has 0 amide bonds. The molecule has 0 aromatic heterocycles. The Kier molecular flexibility index (Phi) is 6.15. The van der Waals surface area contributed by atoms with Gasteiger partial charge >= 0.3 is 0 Å². The summed E-state index contributed by atoms with van der Waals surface area (Å²) in [6, 6.07) is 20.9. The van der Waals surface area contributed by atoms with Gasteiger partial charge in [0.25, 0.3) is 0 Å². The Morgan fingerprint density at radius 1 is 0.952 bits per heavy atom. The summed E-state index contributed by atoms with van der Waals surface area (Å²) in [4.78, 5) is -1.85. The van der Waals surface area contributed by atoms with Gasteiger partial charge in [-0.2, -0.15) is 0 Å².